The first-order valence-corrected chi connectivity index (χ1v) is 8.11. The van der Waals surface area contributed by atoms with Crippen LogP contribution in [-0.2, 0) is 13.1 Å². The van der Waals surface area contributed by atoms with Crippen LogP contribution in [-0.4, -0.2) is 20.8 Å². The highest BCUT2D eigenvalue weighted by molar-refractivity contribution is 9.10. The standard InChI is InChI=1S/C18H14BrN3O/c19-15-8-14(17(23)16-13(15)6-3-7-21-16)18(20)22-9-11-4-1-2-5-12(11)10-22/h1-8,20,23H,9-10H2. The Morgan fingerprint density at radius 2 is 1.83 bits per heavy atom. The lowest BCUT2D eigenvalue weighted by Gasteiger charge is -2.20. The van der Waals surface area contributed by atoms with Gasteiger partial charge in [0.05, 0.1) is 5.56 Å². The second kappa shape index (κ2) is 5.35. The first-order chi connectivity index (χ1) is 11.1. The minimum Gasteiger partial charge on any atom is -0.505 e. The van der Waals surface area contributed by atoms with Crippen molar-refractivity contribution in [3.05, 3.63) is 69.8 Å². The highest BCUT2D eigenvalue weighted by Crippen LogP contribution is 2.35. The number of nitrogens with zero attached hydrogens (tertiary/aromatic N) is 2. The zero-order chi connectivity index (χ0) is 16.0. The van der Waals surface area contributed by atoms with Gasteiger partial charge in [-0.15, -0.1) is 0 Å². The number of aromatic hydroxyl groups is 1. The monoisotopic (exact) mass is 367 g/mol. The summed E-state index contributed by atoms with van der Waals surface area (Å²) < 4.78 is 0.829. The predicted molar refractivity (Wildman–Crippen MR) is 93.6 cm³/mol. The minimum absolute atomic E-state index is 0.0600. The van der Waals surface area contributed by atoms with Gasteiger partial charge in [-0.05, 0) is 23.3 Å². The van der Waals surface area contributed by atoms with Gasteiger partial charge in [-0.1, -0.05) is 46.3 Å². The van der Waals surface area contributed by atoms with E-state index in [0.29, 0.717) is 30.0 Å². The smallest absolute Gasteiger partial charge is 0.152 e. The summed E-state index contributed by atoms with van der Waals surface area (Å²) in [4.78, 5) is 6.21. The molecule has 23 heavy (non-hydrogen) atoms. The lowest BCUT2D eigenvalue weighted by molar-refractivity contribution is 0.438. The Morgan fingerprint density at radius 1 is 1.13 bits per heavy atom. The van der Waals surface area contributed by atoms with Crippen molar-refractivity contribution < 1.29 is 5.11 Å². The van der Waals surface area contributed by atoms with E-state index >= 15 is 0 Å². The Hall–Kier alpha value is -2.40. The van der Waals surface area contributed by atoms with Crippen molar-refractivity contribution in [2.45, 2.75) is 13.1 Å². The molecular formula is C18H14BrN3O. The van der Waals surface area contributed by atoms with E-state index in [2.05, 4.69) is 33.0 Å². The summed E-state index contributed by atoms with van der Waals surface area (Å²) in [5, 5.41) is 19.9. The molecule has 0 saturated carbocycles. The van der Waals surface area contributed by atoms with E-state index in [0.717, 1.165) is 9.86 Å². The Balaban J connectivity index is 1.76. The van der Waals surface area contributed by atoms with Crippen LogP contribution in [0.1, 0.15) is 16.7 Å². The van der Waals surface area contributed by atoms with Crippen LogP contribution in [0.2, 0.25) is 0 Å². The highest BCUT2D eigenvalue weighted by Gasteiger charge is 2.24. The molecule has 0 unspecified atom stereocenters. The van der Waals surface area contributed by atoms with Gasteiger partial charge in [0.15, 0.2) is 5.75 Å². The molecule has 2 aromatic carbocycles. The summed E-state index contributed by atoms with van der Waals surface area (Å²) in [5.74, 6) is 0.372. The van der Waals surface area contributed by atoms with E-state index in [1.807, 2.05) is 29.2 Å². The summed E-state index contributed by atoms with van der Waals surface area (Å²) in [7, 11) is 0. The number of phenols is 1. The van der Waals surface area contributed by atoms with Crippen molar-refractivity contribution in [2.75, 3.05) is 0 Å². The summed E-state index contributed by atoms with van der Waals surface area (Å²) in [5.41, 5.74) is 3.47. The molecule has 0 aliphatic carbocycles. The molecule has 1 aliphatic heterocycles. The van der Waals surface area contributed by atoms with E-state index in [1.165, 1.54) is 11.1 Å². The zero-order valence-electron chi connectivity index (χ0n) is 12.3. The summed E-state index contributed by atoms with van der Waals surface area (Å²) in [6, 6.07) is 13.7. The van der Waals surface area contributed by atoms with Crippen molar-refractivity contribution in [3.8, 4) is 5.75 Å². The van der Waals surface area contributed by atoms with Gasteiger partial charge in [0.2, 0.25) is 0 Å². The number of halogens is 1. The third-order valence-corrected chi connectivity index (χ3v) is 4.88. The molecule has 114 valence electrons. The van der Waals surface area contributed by atoms with Crippen LogP contribution in [0.15, 0.2) is 53.1 Å². The molecule has 0 saturated heterocycles. The Kier molecular flexibility index (Phi) is 3.31. The second-order valence-corrected chi connectivity index (χ2v) is 6.48. The van der Waals surface area contributed by atoms with Gasteiger partial charge in [0, 0.05) is 29.1 Å². The van der Waals surface area contributed by atoms with Crippen LogP contribution >= 0.6 is 15.9 Å². The van der Waals surface area contributed by atoms with Gasteiger partial charge >= 0.3 is 0 Å². The molecule has 2 N–H and O–H groups in total. The van der Waals surface area contributed by atoms with Gasteiger partial charge in [-0.25, -0.2) is 0 Å². The van der Waals surface area contributed by atoms with Crippen LogP contribution in [0.3, 0.4) is 0 Å². The molecule has 0 atom stereocenters. The molecule has 2 heterocycles. The highest BCUT2D eigenvalue weighted by atomic mass is 79.9. The summed E-state index contributed by atoms with van der Waals surface area (Å²) in [6.45, 7) is 1.37. The number of pyridine rings is 1. The number of hydrogen-bond acceptors (Lipinski definition) is 3. The Morgan fingerprint density at radius 3 is 2.52 bits per heavy atom. The topological polar surface area (TPSA) is 60.2 Å². The molecule has 0 fully saturated rings. The molecule has 0 radical (unpaired) electrons. The average Bonchev–Trinajstić information content (AvgIpc) is 3.01. The molecular weight excluding hydrogens is 354 g/mol. The molecule has 5 heteroatoms. The number of hydrogen-bond donors (Lipinski definition) is 2. The fourth-order valence-corrected chi connectivity index (χ4v) is 3.58. The van der Waals surface area contributed by atoms with Crippen LogP contribution < -0.4 is 0 Å². The molecule has 0 amide bonds. The van der Waals surface area contributed by atoms with E-state index in [-0.39, 0.29) is 5.75 Å². The normalized spacial score (nSPS) is 13.3. The third kappa shape index (κ3) is 2.28. The molecule has 4 nitrogen and oxygen atoms in total. The number of phenolic OH excluding ortho intramolecular Hbond substituents is 1. The predicted octanol–water partition coefficient (Wildman–Crippen LogP) is 4.04. The largest absolute Gasteiger partial charge is 0.505 e. The van der Waals surface area contributed by atoms with Gasteiger partial charge < -0.3 is 10.0 Å². The van der Waals surface area contributed by atoms with Crippen molar-refractivity contribution in [3.63, 3.8) is 0 Å². The first-order valence-electron chi connectivity index (χ1n) is 7.32. The first kappa shape index (κ1) is 14.2. The van der Waals surface area contributed by atoms with Gasteiger partial charge in [-0.2, -0.15) is 0 Å². The summed E-state index contributed by atoms with van der Waals surface area (Å²) >= 11 is 3.52. The lowest BCUT2D eigenvalue weighted by atomic mass is 10.1. The third-order valence-electron chi connectivity index (χ3n) is 4.23. The maximum Gasteiger partial charge on any atom is 0.152 e. The zero-order valence-corrected chi connectivity index (χ0v) is 13.8. The number of benzene rings is 2. The molecule has 1 aliphatic rings. The SMILES string of the molecule is N=C(c1cc(Br)c2cccnc2c1O)N1Cc2ccccc2C1. The fraction of sp³-hybridized carbons (Fsp3) is 0.111. The van der Waals surface area contributed by atoms with Crippen molar-refractivity contribution in [1.82, 2.24) is 9.88 Å². The van der Waals surface area contributed by atoms with Crippen LogP contribution in [0.5, 0.6) is 5.75 Å². The average molecular weight is 368 g/mol. The lowest BCUT2D eigenvalue weighted by Crippen LogP contribution is -2.25. The van der Waals surface area contributed by atoms with Gasteiger partial charge in [0.25, 0.3) is 0 Å². The molecule has 3 aromatic rings. The van der Waals surface area contributed by atoms with Gasteiger partial charge in [0.1, 0.15) is 11.4 Å². The number of amidine groups is 1. The number of nitrogens with one attached hydrogen (secondary N) is 1. The van der Waals surface area contributed by atoms with E-state index < -0.39 is 0 Å². The molecule has 4 rings (SSSR count). The Labute approximate surface area is 142 Å². The van der Waals surface area contributed by atoms with E-state index in [4.69, 9.17) is 5.41 Å². The van der Waals surface area contributed by atoms with Crippen molar-refractivity contribution >= 4 is 32.7 Å². The summed E-state index contributed by atoms with van der Waals surface area (Å²) in [6.07, 6.45) is 1.65. The minimum atomic E-state index is 0.0600. The Bertz CT molecular complexity index is 914. The van der Waals surface area contributed by atoms with Crippen molar-refractivity contribution in [1.29, 1.82) is 5.41 Å². The quantitative estimate of drug-likeness (QED) is 0.503. The maximum atomic E-state index is 10.6. The fourth-order valence-electron chi connectivity index (χ4n) is 3.03. The van der Waals surface area contributed by atoms with Gasteiger partial charge in [-0.3, -0.25) is 10.4 Å². The molecule has 1 aromatic heterocycles. The van der Waals surface area contributed by atoms with Crippen LogP contribution in [0, 0.1) is 5.41 Å². The molecule has 0 spiro atoms. The number of fused-ring (bicyclic) bond motifs is 2. The maximum absolute atomic E-state index is 10.6. The number of rotatable bonds is 1. The molecule has 0 bridgehead atoms. The second-order valence-electron chi connectivity index (χ2n) is 5.63. The number of aromatic nitrogens is 1. The van der Waals surface area contributed by atoms with Crippen molar-refractivity contribution in [2.24, 2.45) is 0 Å². The van der Waals surface area contributed by atoms with Crippen LogP contribution in [0.25, 0.3) is 10.9 Å². The van der Waals surface area contributed by atoms with E-state index in [9.17, 15) is 5.11 Å². The van der Waals surface area contributed by atoms with Crippen LogP contribution in [0.4, 0.5) is 0 Å². The van der Waals surface area contributed by atoms with E-state index in [1.54, 1.807) is 12.3 Å².